The maximum Gasteiger partial charge on any atom is 0.0591 e. The molecule has 0 saturated carbocycles. The molecule has 0 nitrogen and oxygen atoms in total. The Bertz CT molecular complexity index is 133. The zero-order valence-electron chi connectivity index (χ0n) is 13.3. The fourth-order valence-electron chi connectivity index (χ4n) is 2.57. The van der Waals surface area contributed by atoms with Crippen LogP contribution in [0.5, 0.6) is 0 Å². The van der Waals surface area contributed by atoms with Crippen LogP contribution in [-0.4, -0.2) is 25.2 Å². The highest BCUT2D eigenvalue weighted by atomic mass is 127. The molecule has 0 unspecified atom stereocenters. The molecule has 0 rings (SSSR count). The van der Waals surface area contributed by atoms with Crippen LogP contribution in [-0.2, 0) is 0 Å². The monoisotopic (exact) mass is 386 g/mol. The van der Waals surface area contributed by atoms with E-state index in [9.17, 15) is 0 Å². The standard InChI is InChI=1S/C16H36P.HI/c1-5-8-11-14-17(4,15-12-9-6-2)16-13-10-7-3;/h5-16H2,1-4H3;1H/q+1;/p-1. The van der Waals surface area contributed by atoms with Gasteiger partial charge in [-0.15, -0.1) is 0 Å². The quantitative estimate of drug-likeness (QED) is 0.275. The van der Waals surface area contributed by atoms with Gasteiger partial charge in [0.15, 0.2) is 0 Å². The van der Waals surface area contributed by atoms with Gasteiger partial charge >= 0.3 is 0 Å². The molecular formula is C16H36IP. The van der Waals surface area contributed by atoms with Crippen LogP contribution in [0.2, 0.25) is 0 Å². The van der Waals surface area contributed by atoms with Crippen LogP contribution in [0.4, 0.5) is 0 Å². The number of unbranched alkanes of at least 4 members (excludes halogenated alkanes) is 6. The summed E-state index contributed by atoms with van der Waals surface area (Å²) in [5, 5.41) is 0. The molecule has 0 aromatic heterocycles. The van der Waals surface area contributed by atoms with Gasteiger partial charge < -0.3 is 24.0 Å². The average molecular weight is 386 g/mol. The van der Waals surface area contributed by atoms with Crippen LogP contribution in [0.15, 0.2) is 0 Å². The van der Waals surface area contributed by atoms with E-state index in [1.54, 1.807) is 18.5 Å². The minimum Gasteiger partial charge on any atom is -1.00 e. The second-order valence-corrected chi connectivity index (χ2v) is 10.5. The van der Waals surface area contributed by atoms with Crippen molar-refractivity contribution in [2.24, 2.45) is 0 Å². The fraction of sp³-hybridized carbons (Fsp3) is 1.00. The first-order valence-electron chi connectivity index (χ1n) is 8.02. The van der Waals surface area contributed by atoms with Gasteiger partial charge in [0.1, 0.15) is 0 Å². The first-order chi connectivity index (χ1) is 8.18. The molecular weight excluding hydrogens is 350 g/mol. The van der Waals surface area contributed by atoms with Crippen molar-refractivity contribution < 1.29 is 24.0 Å². The summed E-state index contributed by atoms with van der Waals surface area (Å²) in [5.74, 6) is 0. The van der Waals surface area contributed by atoms with Crippen LogP contribution in [0.1, 0.15) is 78.6 Å². The van der Waals surface area contributed by atoms with E-state index in [1.807, 2.05) is 0 Å². The zero-order chi connectivity index (χ0) is 13.0. The van der Waals surface area contributed by atoms with Gasteiger partial charge in [0.05, 0.1) is 18.5 Å². The molecule has 0 N–H and O–H groups in total. The first kappa shape index (κ1) is 21.5. The molecule has 0 fully saturated rings. The first-order valence-corrected chi connectivity index (χ1v) is 10.8. The minimum absolute atomic E-state index is 0. The molecule has 0 heterocycles. The molecule has 0 aromatic rings. The van der Waals surface area contributed by atoms with Gasteiger partial charge in [-0.2, -0.15) is 0 Å². The van der Waals surface area contributed by atoms with E-state index in [2.05, 4.69) is 27.4 Å². The summed E-state index contributed by atoms with van der Waals surface area (Å²) in [6, 6.07) is 0. The molecule has 112 valence electrons. The Hall–Kier alpha value is 1.16. The second-order valence-electron chi connectivity index (χ2n) is 5.91. The smallest absolute Gasteiger partial charge is 0.0591 e. The molecule has 0 spiro atoms. The third kappa shape index (κ3) is 12.2. The molecule has 0 aliphatic heterocycles. The Kier molecular flexibility index (Phi) is 17.4. The molecule has 0 saturated heterocycles. The molecule has 0 radical (unpaired) electrons. The van der Waals surface area contributed by atoms with E-state index >= 15 is 0 Å². The van der Waals surface area contributed by atoms with Gasteiger partial charge in [-0.1, -0.05) is 59.3 Å². The Morgan fingerprint density at radius 2 is 0.833 bits per heavy atom. The number of rotatable bonds is 12. The molecule has 0 aliphatic rings. The lowest BCUT2D eigenvalue weighted by atomic mass is 10.3. The van der Waals surface area contributed by atoms with E-state index in [0.717, 1.165) is 0 Å². The van der Waals surface area contributed by atoms with Gasteiger partial charge in [0.2, 0.25) is 0 Å². The van der Waals surface area contributed by atoms with E-state index in [-0.39, 0.29) is 24.0 Å². The van der Waals surface area contributed by atoms with E-state index in [4.69, 9.17) is 0 Å². The zero-order valence-corrected chi connectivity index (χ0v) is 16.4. The van der Waals surface area contributed by atoms with Crippen molar-refractivity contribution in [3.05, 3.63) is 0 Å². The molecule has 0 bridgehead atoms. The van der Waals surface area contributed by atoms with Gasteiger partial charge in [0.25, 0.3) is 0 Å². The van der Waals surface area contributed by atoms with Crippen molar-refractivity contribution >= 4 is 7.26 Å². The largest absolute Gasteiger partial charge is 1.00 e. The third-order valence-corrected chi connectivity index (χ3v) is 8.09. The van der Waals surface area contributed by atoms with Crippen molar-refractivity contribution in [2.75, 3.05) is 25.2 Å². The fourth-order valence-corrected chi connectivity index (χ4v) is 6.20. The number of hydrogen-bond donors (Lipinski definition) is 0. The van der Waals surface area contributed by atoms with E-state index in [1.165, 1.54) is 57.8 Å². The van der Waals surface area contributed by atoms with E-state index < -0.39 is 7.26 Å². The van der Waals surface area contributed by atoms with Crippen LogP contribution >= 0.6 is 7.26 Å². The Morgan fingerprint density at radius 1 is 0.556 bits per heavy atom. The molecule has 0 atom stereocenters. The normalized spacial score (nSPS) is 11.3. The van der Waals surface area contributed by atoms with Crippen LogP contribution in [0.3, 0.4) is 0 Å². The predicted octanol–water partition coefficient (Wildman–Crippen LogP) is 3.21. The summed E-state index contributed by atoms with van der Waals surface area (Å²) in [6.07, 6.45) is 17.7. The van der Waals surface area contributed by atoms with Crippen LogP contribution in [0.25, 0.3) is 0 Å². The van der Waals surface area contributed by atoms with Gasteiger partial charge in [-0.3, -0.25) is 0 Å². The highest BCUT2D eigenvalue weighted by molar-refractivity contribution is 7.75. The highest BCUT2D eigenvalue weighted by Gasteiger charge is 2.29. The van der Waals surface area contributed by atoms with Crippen LogP contribution < -0.4 is 24.0 Å². The molecule has 0 aliphatic carbocycles. The molecule has 0 amide bonds. The maximum absolute atomic E-state index is 2.66. The van der Waals surface area contributed by atoms with Crippen molar-refractivity contribution in [2.45, 2.75) is 78.6 Å². The number of halogens is 1. The van der Waals surface area contributed by atoms with Gasteiger partial charge in [0, 0.05) is 13.9 Å². The summed E-state index contributed by atoms with van der Waals surface area (Å²) < 4.78 is 0. The van der Waals surface area contributed by atoms with Gasteiger partial charge in [-0.25, -0.2) is 0 Å². The molecule has 2 heteroatoms. The lowest BCUT2D eigenvalue weighted by molar-refractivity contribution is -0.00000407. The Balaban J connectivity index is 0. The van der Waals surface area contributed by atoms with Crippen molar-refractivity contribution in [1.82, 2.24) is 0 Å². The van der Waals surface area contributed by atoms with Gasteiger partial charge in [-0.05, 0) is 19.3 Å². The Labute approximate surface area is 134 Å². The average Bonchev–Trinajstić information content (AvgIpc) is 2.30. The van der Waals surface area contributed by atoms with Crippen LogP contribution in [0, 0.1) is 0 Å². The summed E-state index contributed by atoms with van der Waals surface area (Å²) in [6.45, 7) is 9.63. The minimum atomic E-state index is -0.558. The van der Waals surface area contributed by atoms with Crippen molar-refractivity contribution in [1.29, 1.82) is 0 Å². The predicted molar refractivity (Wildman–Crippen MR) is 86.0 cm³/mol. The SMILES string of the molecule is CCCCC[P+](C)(CCCCC)CCCCC.[I-]. The Morgan fingerprint density at radius 3 is 1.06 bits per heavy atom. The summed E-state index contributed by atoms with van der Waals surface area (Å²) in [4.78, 5) is 0. The lowest BCUT2D eigenvalue weighted by Crippen LogP contribution is -3.00. The molecule has 18 heavy (non-hydrogen) atoms. The molecule has 0 aromatic carbocycles. The summed E-state index contributed by atoms with van der Waals surface area (Å²) in [5.41, 5.74) is 0. The summed E-state index contributed by atoms with van der Waals surface area (Å²) >= 11 is 0. The third-order valence-electron chi connectivity index (χ3n) is 3.90. The van der Waals surface area contributed by atoms with Crippen molar-refractivity contribution in [3.63, 3.8) is 0 Å². The lowest BCUT2D eigenvalue weighted by Gasteiger charge is -2.23. The second kappa shape index (κ2) is 14.6. The van der Waals surface area contributed by atoms with Crippen molar-refractivity contribution in [3.8, 4) is 0 Å². The topological polar surface area (TPSA) is 0 Å². The summed E-state index contributed by atoms with van der Waals surface area (Å²) in [7, 11) is -0.558. The highest BCUT2D eigenvalue weighted by Crippen LogP contribution is 2.57. The maximum atomic E-state index is 2.66. The van der Waals surface area contributed by atoms with E-state index in [0.29, 0.717) is 0 Å². The number of hydrogen-bond acceptors (Lipinski definition) is 0.